The van der Waals surface area contributed by atoms with E-state index in [1.54, 1.807) is 0 Å². The highest BCUT2D eigenvalue weighted by atomic mass is 79.9. The molecule has 0 aromatic carbocycles. The zero-order valence-electron chi connectivity index (χ0n) is 9.86. The molecule has 1 aromatic rings. The van der Waals surface area contributed by atoms with Crippen LogP contribution < -0.4 is 5.73 Å². The summed E-state index contributed by atoms with van der Waals surface area (Å²) in [7, 11) is 0. The van der Waals surface area contributed by atoms with Crippen LogP contribution in [0.15, 0.2) is 15.9 Å². The highest BCUT2D eigenvalue weighted by molar-refractivity contribution is 9.10. The Morgan fingerprint density at radius 3 is 3.06 bits per heavy atom. The van der Waals surface area contributed by atoms with Crippen LogP contribution in [0.5, 0.6) is 0 Å². The van der Waals surface area contributed by atoms with Crippen molar-refractivity contribution in [3.63, 3.8) is 0 Å². The Labute approximate surface area is 114 Å². The van der Waals surface area contributed by atoms with Crippen LogP contribution in [0.2, 0.25) is 0 Å². The molecule has 1 aliphatic rings. The molecule has 2 N–H and O–H groups in total. The fourth-order valence-electron chi connectivity index (χ4n) is 2.44. The highest BCUT2D eigenvalue weighted by Gasteiger charge is 2.32. The molecule has 0 radical (unpaired) electrons. The second-order valence-electron chi connectivity index (χ2n) is 4.52. The molecule has 1 saturated heterocycles. The van der Waals surface area contributed by atoms with Gasteiger partial charge in [-0.05, 0) is 46.1 Å². The molecule has 1 aromatic heterocycles. The molecule has 17 heavy (non-hydrogen) atoms. The maximum absolute atomic E-state index is 12.4. The van der Waals surface area contributed by atoms with Gasteiger partial charge in [-0.2, -0.15) is 0 Å². The van der Waals surface area contributed by atoms with Crippen LogP contribution in [0, 0.1) is 5.92 Å². The van der Waals surface area contributed by atoms with E-state index in [0.717, 1.165) is 28.7 Å². The number of nitrogens with zero attached hydrogens (tertiary/aromatic N) is 1. The summed E-state index contributed by atoms with van der Waals surface area (Å²) >= 11 is 4.91. The first-order chi connectivity index (χ1) is 8.15. The summed E-state index contributed by atoms with van der Waals surface area (Å²) in [4.78, 5) is 15.2. The molecule has 5 heteroatoms. The third-order valence-corrected chi connectivity index (χ3v) is 5.26. The molecule has 2 atom stereocenters. The average molecular weight is 317 g/mol. The molecule has 0 aliphatic carbocycles. The van der Waals surface area contributed by atoms with Crippen molar-refractivity contribution in [2.24, 2.45) is 11.7 Å². The van der Waals surface area contributed by atoms with Gasteiger partial charge in [-0.25, -0.2) is 0 Å². The minimum Gasteiger partial charge on any atom is -0.333 e. The van der Waals surface area contributed by atoms with Crippen molar-refractivity contribution >= 4 is 33.2 Å². The third kappa shape index (κ3) is 2.56. The predicted molar refractivity (Wildman–Crippen MR) is 74.3 cm³/mol. The van der Waals surface area contributed by atoms with Gasteiger partial charge in [0, 0.05) is 23.6 Å². The van der Waals surface area contributed by atoms with Gasteiger partial charge in [0.05, 0.1) is 0 Å². The van der Waals surface area contributed by atoms with Crippen molar-refractivity contribution in [1.82, 2.24) is 4.90 Å². The Balaban J connectivity index is 2.21. The van der Waals surface area contributed by atoms with Crippen LogP contribution in [0.4, 0.5) is 0 Å². The summed E-state index contributed by atoms with van der Waals surface area (Å²) in [6.07, 6.45) is 2.24. The summed E-state index contributed by atoms with van der Waals surface area (Å²) in [6.45, 7) is 3.56. The number of rotatable bonds is 2. The van der Waals surface area contributed by atoms with Crippen LogP contribution in [-0.2, 0) is 0 Å². The third-order valence-electron chi connectivity index (χ3n) is 3.43. The number of amides is 1. The van der Waals surface area contributed by atoms with Gasteiger partial charge in [-0.3, -0.25) is 4.79 Å². The molecule has 2 rings (SSSR count). The predicted octanol–water partition coefficient (Wildman–Crippen LogP) is 2.71. The van der Waals surface area contributed by atoms with Gasteiger partial charge in [-0.15, -0.1) is 11.3 Å². The first kappa shape index (κ1) is 13.1. The van der Waals surface area contributed by atoms with E-state index in [0.29, 0.717) is 12.5 Å². The summed E-state index contributed by atoms with van der Waals surface area (Å²) in [5.74, 6) is 0.616. The van der Waals surface area contributed by atoms with Gasteiger partial charge in [-0.1, -0.05) is 6.92 Å². The summed E-state index contributed by atoms with van der Waals surface area (Å²) in [5, 5.41) is 1.93. The van der Waals surface area contributed by atoms with E-state index in [2.05, 4.69) is 22.9 Å². The normalized spacial score (nSPS) is 25.0. The summed E-state index contributed by atoms with van der Waals surface area (Å²) in [6, 6.07) is 2.10. The quantitative estimate of drug-likeness (QED) is 0.911. The number of nitrogens with two attached hydrogens (primary N) is 1. The van der Waals surface area contributed by atoms with Crippen LogP contribution in [-0.4, -0.2) is 29.9 Å². The van der Waals surface area contributed by atoms with Crippen molar-refractivity contribution in [1.29, 1.82) is 0 Å². The molecule has 1 amide bonds. The first-order valence-electron chi connectivity index (χ1n) is 5.89. The Hall–Kier alpha value is -0.390. The zero-order valence-corrected chi connectivity index (χ0v) is 12.3. The lowest BCUT2D eigenvalue weighted by Gasteiger charge is -2.39. The molecule has 1 aliphatic heterocycles. The standard InChI is InChI=1S/C12H17BrN2OS/c1-8-3-2-5-15(10(8)7-14)12(16)11-9(13)4-6-17-11/h4,6,8,10H,2-3,5,7,14H2,1H3/t8-,10-/m0/s1. The Morgan fingerprint density at radius 2 is 2.47 bits per heavy atom. The van der Waals surface area contributed by atoms with E-state index in [4.69, 9.17) is 5.73 Å². The molecule has 0 saturated carbocycles. The number of halogens is 1. The number of carbonyl (C=O) groups is 1. The fourth-order valence-corrected chi connectivity index (χ4v) is 3.93. The van der Waals surface area contributed by atoms with Crippen molar-refractivity contribution in [2.45, 2.75) is 25.8 Å². The largest absolute Gasteiger partial charge is 0.333 e. The van der Waals surface area contributed by atoms with E-state index in [-0.39, 0.29) is 11.9 Å². The molecule has 2 heterocycles. The molecule has 0 spiro atoms. The smallest absolute Gasteiger partial charge is 0.265 e. The van der Waals surface area contributed by atoms with Gasteiger partial charge >= 0.3 is 0 Å². The van der Waals surface area contributed by atoms with Crippen LogP contribution in [0.1, 0.15) is 29.4 Å². The second kappa shape index (κ2) is 5.50. The van der Waals surface area contributed by atoms with E-state index < -0.39 is 0 Å². The second-order valence-corrected chi connectivity index (χ2v) is 6.29. The summed E-state index contributed by atoms with van der Waals surface area (Å²) in [5.41, 5.74) is 5.81. The van der Waals surface area contributed by atoms with Gasteiger partial charge in [0.25, 0.3) is 5.91 Å². The van der Waals surface area contributed by atoms with Gasteiger partial charge in [0.15, 0.2) is 0 Å². The van der Waals surface area contributed by atoms with Gasteiger partial charge < -0.3 is 10.6 Å². The molecule has 0 unspecified atom stereocenters. The highest BCUT2D eigenvalue weighted by Crippen LogP contribution is 2.29. The van der Waals surface area contributed by atoms with Crippen LogP contribution in [0.25, 0.3) is 0 Å². The molecule has 3 nitrogen and oxygen atoms in total. The number of thiophene rings is 1. The first-order valence-corrected chi connectivity index (χ1v) is 7.56. The molecule has 1 fully saturated rings. The maximum Gasteiger partial charge on any atom is 0.265 e. The Morgan fingerprint density at radius 1 is 1.71 bits per heavy atom. The number of hydrogen-bond acceptors (Lipinski definition) is 3. The van der Waals surface area contributed by atoms with Crippen molar-refractivity contribution in [2.75, 3.05) is 13.1 Å². The number of likely N-dealkylation sites (tertiary alicyclic amines) is 1. The monoisotopic (exact) mass is 316 g/mol. The van der Waals surface area contributed by atoms with Gasteiger partial charge in [0.1, 0.15) is 4.88 Å². The van der Waals surface area contributed by atoms with Gasteiger partial charge in [0.2, 0.25) is 0 Å². The minimum absolute atomic E-state index is 0.119. The van der Waals surface area contributed by atoms with E-state index in [1.807, 2.05) is 16.3 Å². The van der Waals surface area contributed by atoms with Crippen molar-refractivity contribution in [3.8, 4) is 0 Å². The SMILES string of the molecule is C[C@H]1CCCN(C(=O)c2sccc2Br)[C@H]1CN. The lowest BCUT2D eigenvalue weighted by atomic mass is 9.90. The lowest BCUT2D eigenvalue weighted by molar-refractivity contribution is 0.0536. The van der Waals surface area contributed by atoms with Crippen LogP contribution >= 0.6 is 27.3 Å². The van der Waals surface area contributed by atoms with Crippen LogP contribution in [0.3, 0.4) is 0 Å². The average Bonchev–Trinajstić information content (AvgIpc) is 2.74. The van der Waals surface area contributed by atoms with E-state index in [1.165, 1.54) is 11.3 Å². The van der Waals surface area contributed by atoms with Crippen molar-refractivity contribution in [3.05, 3.63) is 20.8 Å². The van der Waals surface area contributed by atoms with E-state index >= 15 is 0 Å². The number of hydrogen-bond donors (Lipinski definition) is 1. The molecular formula is C12H17BrN2OS. The molecule has 0 bridgehead atoms. The molecule has 94 valence electrons. The van der Waals surface area contributed by atoms with Crippen molar-refractivity contribution < 1.29 is 4.79 Å². The zero-order chi connectivity index (χ0) is 12.4. The lowest BCUT2D eigenvalue weighted by Crippen LogP contribution is -2.51. The fraction of sp³-hybridized carbons (Fsp3) is 0.583. The molecular weight excluding hydrogens is 300 g/mol. The topological polar surface area (TPSA) is 46.3 Å². The minimum atomic E-state index is 0.119. The maximum atomic E-state index is 12.4. The summed E-state index contributed by atoms with van der Waals surface area (Å²) < 4.78 is 0.890. The Kier molecular flexibility index (Phi) is 4.22. The Bertz CT molecular complexity index is 407. The number of carbonyl (C=O) groups excluding carboxylic acids is 1. The number of piperidine rings is 1. The van der Waals surface area contributed by atoms with E-state index in [9.17, 15) is 4.79 Å².